The summed E-state index contributed by atoms with van der Waals surface area (Å²) in [5.74, 6) is 0.658. The average Bonchev–Trinajstić information content (AvgIpc) is 2.93. The van der Waals surface area contributed by atoms with Crippen molar-refractivity contribution in [3.63, 3.8) is 0 Å². The normalized spacial score (nSPS) is 13.6. The Morgan fingerprint density at radius 1 is 1.00 bits per heavy atom. The van der Waals surface area contributed by atoms with Crippen LogP contribution in [0.1, 0.15) is 50.2 Å². The molecule has 2 unspecified atom stereocenters. The van der Waals surface area contributed by atoms with Gasteiger partial charge in [-0.3, -0.25) is 4.79 Å². The van der Waals surface area contributed by atoms with Crippen LogP contribution in [-0.4, -0.2) is 36.1 Å². The monoisotopic (exact) mass is 547 g/mol. The summed E-state index contributed by atoms with van der Waals surface area (Å²) in [5, 5.41) is 23.7. The van der Waals surface area contributed by atoms with E-state index in [1.807, 2.05) is 30.3 Å². The SMILES string of the molecule is C=C(C=CC(=CC)C(=O)NCCC(O)O)C(CCC)C(c1ccc(Cl)cc1)c1ccc2cc(OC)ccc2c1. The Morgan fingerprint density at radius 3 is 2.31 bits per heavy atom. The standard InChI is InChI=1S/C33H38ClNO4/c1-5-7-30(22(3)8-9-23(6-2)33(38)35-19-18-31(36)37)32(24-12-15-28(34)16-13-24)27-11-10-26-21-29(39-4)17-14-25(26)20-27/h6,8-17,20-21,30-32,36-37H,3,5,7,18-19H2,1-2,4H3,(H,35,38). The fourth-order valence-electron chi connectivity index (χ4n) is 4.81. The van der Waals surface area contributed by atoms with Crippen LogP contribution in [-0.2, 0) is 4.79 Å². The summed E-state index contributed by atoms with van der Waals surface area (Å²) in [6.45, 7) is 8.58. The summed E-state index contributed by atoms with van der Waals surface area (Å²) in [6.07, 6.45) is 5.92. The van der Waals surface area contributed by atoms with E-state index >= 15 is 0 Å². The van der Waals surface area contributed by atoms with Gasteiger partial charge in [-0.1, -0.05) is 85.6 Å². The number of hydrogen-bond donors (Lipinski definition) is 3. The number of aliphatic hydroxyl groups is 2. The quantitative estimate of drug-likeness (QED) is 0.123. The maximum atomic E-state index is 12.6. The van der Waals surface area contributed by atoms with E-state index in [-0.39, 0.29) is 30.7 Å². The highest BCUT2D eigenvalue weighted by Crippen LogP contribution is 2.40. The zero-order valence-electron chi connectivity index (χ0n) is 22.9. The number of amides is 1. The predicted octanol–water partition coefficient (Wildman–Crippen LogP) is 6.93. The number of allylic oxidation sites excluding steroid dienone is 3. The van der Waals surface area contributed by atoms with Crippen LogP contribution in [0.5, 0.6) is 5.75 Å². The summed E-state index contributed by atoms with van der Waals surface area (Å²) < 4.78 is 5.40. The highest BCUT2D eigenvalue weighted by molar-refractivity contribution is 6.30. The molecule has 5 nitrogen and oxygen atoms in total. The number of ether oxygens (including phenoxy) is 1. The van der Waals surface area contributed by atoms with Crippen molar-refractivity contribution >= 4 is 28.3 Å². The van der Waals surface area contributed by atoms with Crippen molar-refractivity contribution in [1.29, 1.82) is 0 Å². The molecule has 3 N–H and O–H groups in total. The number of benzene rings is 3. The van der Waals surface area contributed by atoms with Crippen molar-refractivity contribution in [2.45, 2.75) is 45.3 Å². The van der Waals surface area contributed by atoms with Crippen molar-refractivity contribution in [3.8, 4) is 5.75 Å². The van der Waals surface area contributed by atoms with E-state index < -0.39 is 6.29 Å². The Labute approximate surface area is 236 Å². The number of nitrogens with one attached hydrogen (secondary N) is 1. The fraction of sp³-hybridized carbons (Fsp3) is 0.303. The number of methoxy groups -OCH3 is 1. The predicted molar refractivity (Wildman–Crippen MR) is 160 cm³/mol. The molecule has 0 aliphatic carbocycles. The highest BCUT2D eigenvalue weighted by Gasteiger charge is 2.26. The molecule has 0 bridgehead atoms. The Morgan fingerprint density at radius 2 is 1.67 bits per heavy atom. The molecule has 0 saturated carbocycles. The van der Waals surface area contributed by atoms with Crippen LogP contribution in [0, 0.1) is 5.92 Å². The van der Waals surface area contributed by atoms with Crippen LogP contribution < -0.4 is 10.1 Å². The van der Waals surface area contributed by atoms with Gasteiger partial charge in [0.1, 0.15) is 5.75 Å². The largest absolute Gasteiger partial charge is 0.497 e. The second-order valence-electron chi connectivity index (χ2n) is 9.57. The number of carbonyl (C=O) groups excluding carboxylic acids is 1. The van der Waals surface area contributed by atoms with E-state index in [2.05, 4.69) is 55.2 Å². The minimum Gasteiger partial charge on any atom is -0.497 e. The van der Waals surface area contributed by atoms with Gasteiger partial charge in [0.15, 0.2) is 6.29 Å². The molecule has 0 fully saturated rings. The number of rotatable bonds is 13. The van der Waals surface area contributed by atoms with Gasteiger partial charge in [0, 0.05) is 29.5 Å². The summed E-state index contributed by atoms with van der Waals surface area (Å²) in [4.78, 5) is 12.6. The van der Waals surface area contributed by atoms with Crippen LogP contribution >= 0.6 is 11.6 Å². The first-order chi connectivity index (χ1) is 18.8. The van der Waals surface area contributed by atoms with Gasteiger partial charge in [-0.25, -0.2) is 0 Å². The zero-order chi connectivity index (χ0) is 28.4. The first kappa shape index (κ1) is 30.2. The maximum absolute atomic E-state index is 12.6. The molecule has 0 saturated heterocycles. The van der Waals surface area contributed by atoms with Gasteiger partial charge < -0.3 is 20.3 Å². The third kappa shape index (κ3) is 8.30. The van der Waals surface area contributed by atoms with Gasteiger partial charge in [-0.05, 0) is 71.5 Å². The lowest BCUT2D eigenvalue weighted by molar-refractivity contribution is -0.117. The van der Waals surface area contributed by atoms with Crippen molar-refractivity contribution < 1.29 is 19.7 Å². The Bertz CT molecular complexity index is 1330. The molecule has 0 aromatic heterocycles. The average molecular weight is 548 g/mol. The van der Waals surface area contributed by atoms with E-state index in [0.29, 0.717) is 10.6 Å². The molecule has 2 atom stereocenters. The minimum atomic E-state index is -1.45. The van der Waals surface area contributed by atoms with E-state index in [9.17, 15) is 4.79 Å². The first-order valence-corrected chi connectivity index (χ1v) is 13.7. The maximum Gasteiger partial charge on any atom is 0.250 e. The molecule has 0 spiro atoms. The number of hydrogen-bond acceptors (Lipinski definition) is 4. The van der Waals surface area contributed by atoms with Crippen molar-refractivity contribution in [2.75, 3.05) is 13.7 Å². The molecule has 0 radical (unpaired) electrons. The second kappa shape index (κ2) is 14.7. The smallest absolute Gasteiger partial charge is 0.250 e. The van der Waals surface area contributed by atoms with E-state index in [0.717, 1.165) is 40.5 Å². The van der Waals surface area contributed by atoms with Crippen LogP contribution in [0.4, 0.5) is 0 Å². The molecule has 0 aliphatic heterocycles. The number of halogens is 1. The highest BCUT2D eigenvalue weighted by atomic mass is 35.5. The lowest BCUT2D eigenvalue weighted by Crippen LogP contribution is -2.27. The molecule has 1 amide bonds. The fourth-order valence-corrected chi connectivity index (χ4v) is 4.93. The van der Waals surface area contributed by atoms with Gasteiger partial charge in [-0.15, -0.1) is 0 Å². The lowest BCUT2D eigenvalue weighted by Gasteiger charge is -2.29. The van der Waals surface area contributed by atoms with Gasteiger partial charge in [-0.2, -0.15) is 0 Å². The van der Waals surface area contributed by atoms with Gasteiger partial charge in [0.2, 0.25) is 0 Å². The third-order valence-electron chi connectivity index (χ3n) is 6.88. The van der Waals surface area contributed by atoms with Crippen molar-refractivity contribution in [3.05, 3.63) is 113 Å². The van der Waals surface area contributed by atoms with Gasteiger partial charge >= 0.3 is 0 Å². The molecule has 206 valence electrons. The Balaban J connectivity index is 1.97. The van der Waals surface area contributed by atoms with Crippen LogP contribution in [0.2, 0.25) is 5.02 Å². The summed E-state index contributed by atoms with van der Waals surface area (Å²) >= 11 is 6.24. The molecule has 3 aromatic carbocycles. The van der Waals surface area contributed by atoms with E-state index in [1.54, 1.807) is 26.2 Å². The molecule has 39 heavy (non-hydrogen) atoms. The van der Waals surface area contributed by atoms with Gasteiger partial charge in [0.05, 0.1) is 7.11 Å². The van der Waals surface area contributed by atoms with Crippen LogP contribution in [0.15, 0.2) is 96.6 Å². The molecule has 3 aromatic rings. The first-order valence-electron chi connectivity index (χ1n) is 13.3. The molecular formula is C33H38ClNO4. The molecule has 0 aliphatic rings. The molecule has 0 heterocycles. The molecule has 6 heteroatoms. The summed E-state index contributed by atoms with van der Waals surface area (Å²) in [7, 11) is 1.67. The number of fused-ring (bicyclic) bond motifs is 1. The Hall–Kier alpha value is -3.38. The Kier molecular flexibility index (Phi) is 11.4. The third-order valence-corrected chi connectivity index (χ3v) is 7.13. The summed E-state index contributed by atoms with van der Waals surface area (Å²) in [6, 6.07) is 20.6. The summed E-state index contributed by atoms with van der Waals surface area (Å²) in [5.41, 5.74) is 3.73. The number of carbonyl (C=O) groups is 1. The minimum absolute atomic E-state index is 0.0276. The topological polar surface area (TPSA) is 78.8 Å². The van der Waals surface area contributed by atoms with E-state index in [1.165, 1.54) is 5.56 Å². The van der Waals surface area contributed by atoms with Crippen molar-refractivity contribution in [2.24, 2.45) is 5.92 Å². The molecule has 3 rings (SSSR count). The molecular weight excluding hydrogens is 510 g/mol. The van der Waals surface area contributed by atoms with Crippen molar-refractivity contribution in [1.82, 2.24) is 5.32 Å². The van der Waals surface area contributed by atoms with E-state index in [4.69, 9.17) is 26.6 Å². The van der Waals surface area contributed by atoms with Crippen LogP contribution in [0.3, 0.4) is 0 Å². The lowest BCUT2D eigenvalue weighted by atomic mass is 9.74. The zero-order valence-corrected chi connectivity index (χ0v) is 23.6. The van der Waals surface area contributed by atoms with Crippen LogP contribution in [0.25, 0.3) is 10.8 Å². The number of aliphatic hydroxyl groups excluding tert-OH is 1. The van der Waals surface area contributed by atoms with Gasteiger partial charge in [0.25, 0.3) is 5.91 Å². The second-order valence-corrected chi connectivity index (χ2v) is 10.0.